The first-order valence-electron chi connectivity index (χ1n) is 20.7. The third-order valence-electron chi connectivity index (χ3n) is 12.3. The normalized spacial score (nSPS) is 23.1. The van der Waals surface area contributed by atoms with E-state index in [1.807, 2.05) is 31.2 Å². The van der Waals surface area contributed by atoms with Crippen LogP contribution in [-0.4, -0.2) is 111 Å². The molecule has 14 nitrogen and oxygen atoms in total. The maximum absolute atomic E-state index is 13.5. The average molecular weight is 821 g/mol. The van der Waals surface area contributed by atoms with Crippen molar-refractivity contribution in [3.63, 3.8) is 0 Å². The molecular formula is C44H52N8O6S. The molecule has 2 aromatic carbocycles. The second kappa shape index (κ2) is 16.5. The van der Waals surface area contributed by atoms with Crippen molar-refractivity contribution in [1.82, 2.24) is 30.0 Å². The van der Waals surface area contributed by atoms with Crippen molar-refractivity contribution in [2.45, 2.75) is 89.8 Å². The van der Waals surface area contributed by atoms with Gasteiger partial charge < -0.3 is 20.6 Å². The number of piperidine rings is 1. The predicted molar refractivity (Wildman–Crippen MR) is 226 cm³/mol. The minimum absolute atomic E-state index is 0.0830. The van der Waals surface area contributed by atoms with E-state index < -0.39 is 35.3 Å². The Morgan fingerprint density at radius 2 is 1.75 bits per heavy atom. The number of anilines is 2. The van der Waals surface area contributed by atoms with Crippen LogP contribution in [0.4, 0.5) is 11.4 Å². The average Bonchev–Trinajstić information content (AvgIpc) is 3.73. The van der Waals surface area contributed by atoms with Crippen LogP contribution < -0.4 is 16.0 Å². The standard InChI is InChI=1S/C44H52N8O6S/c1-25-7-5-10-32(46-25)39(54)47-33-22-36-34(21-30(33)44(3,4)58)48-41(59-36)28-13-11-27(12-14-28)24-50-19-20-51(26(2)23-50)18-17-45-31-9-6-8-29-38(31)43(57)52(42(29)56)35-15-16-37(53)49-40(35)55/h5-10,21-22,26-28,35,45,58H,11-20,23-24H2,1-4H3,(H,47,54)(H,49,53,55)/t26-,27?,28?,35?/m1/s1. The van der Waals surface area contributed by atoms with Crippen molar-refractivity contribution >= 4 is 62.5 Å². The molecule has 1 unspecified atom stereocenters. The molecule has 1 aliphatic carbocycles. The molecule has 310 valence electrons. The zero-order valence-corrected chi connectivity index (χ0v) is 34.9. The number of imide groups is 2. The number of aliphatic hydroxyl groups is 1. The summed E-state index contributed by atoms with van der Waals surface area (Å²) in [6.45, 7) is 12.9. The molecule has 4 aliphatic rings. The Morgan fingerprint density at radius 1 is 0.966 bits per heavy atom. The van der Waals surface area contributed by atoms with Gasteiger partial charge >= 0.3 is 0 Å². The summed E-state index contributed by atoms with van der Waals surface area (Å²) in [5, 5.41) is 20.8. The molecule has 4 aromatic rings. The van der Waals surface area contributed by atoms with Gasteiger partial charge in [0.25, 0.3) is 17.7 Å². The molecule has 2 aromatic heterocycles. The second-order valence-electron chi connectivity index (χ2n) is 17.1. The summed E-state index contributed by atoms with van der Waals surface area (Å²) in [5.74, 6) is -1.34. The van der Waals surface area contributed by atoms with Gasteiger partial charge in [-0.05, 0) is 102 Å². The lowest BCUT2D eigenvalue weighted by molar-refractivity contribution is -0.136. The molecule has 2 atom stereocenters. The fourth-order valence-electron chi connectivity index (χ4n) is 9.15. The molecular weight excluding hydrogens is 769 g/mol. The number of carbonyl (C=O) groups excluding carboxylic acids is 5. The molecule has 15 heteroatoms. The maximum atomic E-state index is 13.5. The van der Waals surface area contributed by atoms with Gasteiger partial charge in [-0.3, -0.25) is 39.1 Å². The Labute approximate surface area is 347 Å². The quantitative estimate of drug-likeness (QED) is 0.145. The SMILES string of the molecule is Cc1cccc(C(=O)Nc2cc3sc(C4CCC(CN5CCN(CCNc6cccc7c6C(=O)N(C6CCC(=O)NC6=O)C7=O)[C@H](C)C5)CC4)nc3cc2C(C)(C)O)n1. The topological polar surface area (TPSA) is 177 Å². The van der Waals surface area contributed by atoms with E-state index in [9.17, 15) is 29.1 Å². The number of pyridine rings is 1. The number of hydrogen-bond donors (Lipinski definition) is 4. The van der Waals surface area contributed by atoms with Crippen molar-refractivity contribution < 1.29 is 29.1 Å². The van der Waals surface area contributed by atoms with E-state index in [1.54, 1.807) is 49.4 Å². The lowest BCUT2D eigenvalue weighted by atomic mass is 9.82. The van der Waals surface area contributed by atoms with Crippen LogP contribution >= 0.6 is 11.3 Å². The Hall–Kier alpha value is -5.09. The van der Waals surface area contributed by atoms with E-state index >= 15 is 0 Å². The van der Waals surface area contributed by atoms with Gasteiger partial charge in [-0.1, -0.05) is 12.1 Å². The predicted octanol–water partition coefficient (Wildman–Crippen LogP) is 5.27. The summed E-state index contributed by atoms with van der Waals surface area (Å²) >= 11 is 1.68. The summed E-state index contributed by atoms with van der Waals surface area (Å²) in [7, 11) is 0. The summed E-state index contributed by atoms with van der Waals surface area (Å²) in [6, 6.07) is 13.7. The third-order valence-corrected chi connectivity index (χ3v) is 13.5. The van der Waals surface area contributed by atoms with Crippen molar-refractivity contribution in [3.05, 3.63) is 81.6 Å². The molecule has 1 saturated carbocycles. The molecule has 2 saturated heterocycles. The molecule has 59 heavy (non-hydrogen) atoms. The van der Waals surface area contributed by atoms with Gasteiger partial charge in [-0.15, -0.1) is 11.3 Å². The Bertz CT molecular complexity index is 2310. The van der Waals surface area contributed by atoms with Crippen LogP contribution in [0, 0.1) is 12.8 Å². The first-order chi connectivity index (χ1) is 28.2. The van der Waals surface area contributed by atoms with Crippen LogP contribution in [0.3, 0.4) is 0 Å². The number of rotatable bonds is 11. The maximum Gasteiger partial charge on any atom is 0.274 e. The number of benzene rings is 2. The monoisotopic (exact) mass is 820 g/mol. The fourth-order valence-corrected chi connectivity index (χ4v) is 10.3. The summed E-state index contributed by atoms with van der Waals surface area (Å²) in [4.78, 5) is 79.5. The Morgan fingerprint density at radius 3 is 2.47 bits per heavy atom. The fraction of sp³-hybridized carbons (Fsp3) is 0.477. The highest BCUT2D eigenvalue weighted by molar-refractivity contribution is 7.18. The van der Waals surface area contributed by atoms with E-state index in [-0.39, 0.29) is 29.9 Å². The molecule has 3 fully saturated rings. The molecule has 3 aliphatic heterocycles. The molecule has 4 N–H and O–H groups in total. The Kier molecular flexibility index (Phi) is 11.4. The third kappa shape index (κ3) is 8.51. The van der Waals surface area contributed by atoms with Crippen LogP contribution in [0.25, 0.3) is 10.2 Å². The molecule has 5 heterocycles. The number of aromatic nitrogens is 2. The summed E-state index contributed by atoms with van der Waals surface area (Å²) < 4.78 is 0.984. The summed E-state index contributed by atoms with van der Waals surface area (Å²) in [6.07, 6.45) is 4.65. The van der Waals surface area contributed by atoms with Crippen LogP contribution in [0.5, 0.6) is 0 Å². The molecule has 0 radical (unpaired) electrons. The molecule has 8 rings (SSSR count). The van der Waals surface area contributed by atoms with Gasteiger partial charge in [0.1, 0.15) is 11.7 Å². The van der Waals surface area contributed by atoms with E-state index in [0.717, 1.165) is 84.2 Å². The minimum atomic E-state index is -1.18. The van der Waals surface area contributed by atoms with Gasteiger partial charge in [0.2, 0.25) is 11.8 Å². The van der Waals surface area contributed by atoms with Crippen LogP contribution in [0.15, 0.2) is 48.5 Å². The highest BCUT2D eigenvalue weighted by Gasteiger charge is 2.45. The molecule has 5 amide bonds. The van der Waals surface area contributed by atoms with Gasteiger partial charge in [0.15, 0.2) is 0 Å². The largest absolute Gasteiger partial charge is 0.386 e. The highest BCUT2D eigenvalue weighted by atomic mass is 32.1. The van der Waals surface area contributed by atoms with Crippen molar-refractivity contribution in [1.29, 1.82) is 0 Å². The zero-order chi connectivity index (χ0) is 41.6. The minimum Gasteiger partial charge on any atom is -0.386 e. The van der Waals surface area contributed by atoms with E-state index in [2.05, 4.69) is 37.7 Å². The molecule has 0 bridgehead atoms. The number of nitrogens with one attached hydrogen (secondary N) is 3. The second-order valence-corrected chi connectivity index (χ2v) is 18.1. The van der Waals surface area contributed by atoms with Gasteiger partial charge in [-0.25, -0.2) is 9.97 Å². The summed E-state index contributed by atoms with van der Waals surface area (Å²) in [5.41, 5.74) is 3.05. The number of fused-ring (bicyclic) bond motifs is 2. The highest BCUT2D eigenvalue weighted by Crippen LogP contribution is 2.42. The van der Waals surface area contributed by atoms with Crippen LogP contribution in [0.2, 0.25) is 0 Å². The van der Waals surface area contributed by atoms with Gasteiger partial charge in [-0.2, -0.15) is 0 Å². The van der Waals surface area contributed by atoms with Crippen molar-refractivity contribution in [2.75, 3.05) is 49.9 Å². The van der Waals surface area contributed by atoms with Crippen molar-refractivity contribution in [3.8, 4) is 0 Å². The number of thiazole rings is 1. The van der Waals surface area contributed by atoms with Gasteiger partial charge in [0, 0.05) is 80.3 Å². The number of aryl methyl sites for hydroxylation is 1. The lowest BCUT2D eigenvalue weighted by Gasteiger charge is -2.42. The van der Waals surface area contributed by atoms with E-state index in [4.69, 9.17) is 4.98 Å². The van der Waals surface area contributed by atoms with E-state index in [1.165, 1.54) is 0 Å². The Balaban J connectivity index is 0.820. The van der Waals surface area contributed by atoms with Crippen LogP contribution in [-0.2, 0) is 15.2 Å². The van der Waals surface area contributed by atoms with Gasteiger partial charge in [0.05, 0.1) is 32.0 Å². The first kappa shape index (κ1) is 40.7. The smallest absolute Gasteiger partial charge is 0.274 e. The number of carbonyl (C=O) groups is 5. The lowest BCUT2D eigenvalue weighted by Crippen LogP contribution is -2.54. The number of amides is 5. The number of nitrogens with zero attached hydrogens (tertiary/aromatic N) is 5. The van der Waals surface area contributed by atoms with E-state index in [0.29, 0.717) is 47.1 Å². The van der Waals surface area contributed by atoms with Crippen LogP contribution in [0.1, 0.15) is 113 Å². The first-order valence-corrected chi connectivity index (χ1v) is 21.5. The van der Waals surface area contributed by atoms with Crippen molar-refractivity contribution in [2.24, 2.45) is 5.92 Å². The zero-order valence-electron chi connectivity index (χ0n) is 34.0. The molecule has 0 spiro atoms. The number of hydrogen-bond acceptors (Lipinski definition) is 12. The number of piperazine rings is 1.